The van der Waals surface area contributed by atoms with Crippen molar-refractivity contribution in [1.29, 1.82) is 0 Å². The molecule has 1 saturated carbocycles. The van der Waals surface area contributed by atoms with Gasteiger partial charge in [0.05, 0.1) is 18.2 Å². The Morgan fingerprint density at radius 3 is 3.09 bits per heavy atom. The molecule has 3 atom stereocenters. The fraction of sp³-hybridized carbons (Fsp3) is 0.412. The van der Waals surface area contributed by atoms with Crippen LogP contribution in [0, 0.1) is 0 Å². The summed E-state index contributed by atoms with van der Waals surface area (Å²) in [5, 5.41) is 3.84. The smallest absolute Gasteiger partial charge is 0.255 e. The predicted octanol–water partition coefficient (Wildman–Crippen LogP) is 2.59. The molecule has 2 aliphatic rings. The summed E-state index contributed by atoms with van der Waals surface area (Å²) in [6, 6.07) is 7.59. The number of amides is 1. The fourth-order valence-corrected chi connectivity index (χ4v) is 4.05. The van der Waals surface area contributed by atoms with E-state index in [2.05, 4.69) is 4.98 Å². The molecule has 0 bridgehead atoms. The first-order chi connectivity index (χ1) is 11.3. The van der Waals surface area contributed by atoms with Gasteiger partial charge in [-0.05, 0) is 30.4 Å². The van der Waals surface area contributed by atoms with Crippen molar-refractivity contribution in [2.45, 2.75) is 31.1 Å². The summed E-state index contributed by atoms with van der Waals surface area (Å²) in [5.74, 6) is 0.714. The maximum absolute atomic E-state index is 12.7. The molecule has 3 heterocycles. The first-order valence-corrected chi connectivity index (χ1v) is 8.79. The van der Waals surface area contributed by atoms with Crippen LogP contribution in [0.4, 0.5) is 0 Å². The highest BCUT2D eigenvalue weighted by Crippen LogP contribution is 2.33. The van der Waals surface area contributed by atoms with Crippen molar-refractivity contribution in [3.8, 4) is 5.88 Å². The van der Waals surface area contributed by atoms with E-state index in [1.165, 1.54) is 0 Å². The summed E-state index contributed by atoms with van der Waals surface area (Å²) in [4.78, 5) is 18.9. The van der Waals surface area contributed by atoms with Crippen LogP contribution in [0.1, 0.15) is 23.2 Å². The van der Waals surface area contributed by atoms with Crippen LogP contribution >= 0.6 is 11.3 Å². The number of carbonyl (C=O) groups is 1. The Morgan fingerprint density at radius 2 is 2.30 bits per heavy atom. The molecule has 1 saturated heterocycles. The summed E-state index contributed by atoms with van der Waals surface area (Å²) in [6.45, 7) is 1.20. The normalized spacial score (nSPS) is 26.8. The van der Waals surface area contributed by atoms with Gasteiger partial charge in [0.15, 0.2) is 0 Å². The van der Waals surface area contributed by atoms with Gasteiger partial charge in [-0.1, -0.05) is 6.07 Å². The minimum atomic E-state index is -0.0756. The number of morpholine rings is 1. The molecule has 5 nitrogen and oxygen atoms in total. The molecule has 0 aromatic carbocycles. The molecule has 1 aliphatic heterocycles. The van der Waals surface area contributed by atoms with Crippen molar-refractivity contribution in [2.75, 3.05) is 13.2 Å². The molecule has 6 heteroatoms. The third kappa shape index (κ3) is 2.84. The lowest BCUT2D eigenvalue weighted by Gasteiger charge is -2.38. The van der Waals surface area contributed by atoms with E-state index in [0.29, 0.717) is 19.0 Å². The van der Waals surface area contributed by atoms with Gasteiger partial charge in [0.1, 0.15) is 12.2 Å². The zero-order valence-electron chi connectivity index (χ0n) is 12.6. The molecular formula is C17H18N2O3S. The minimum Gasteiger partial charge on any atom is -0.471 e. The zero-order chi connectivity index (χ0) is 15.6. The lowest BCUT2D eigenvalue weighted by atomic mass is 10.1. The number of ether oxygens (including phenoxy) is 2. The van der Waals surface area contributed by atoms with Gasteiger partial charge in [-0.2, -0.15) is 11.3 Å². The Balaban J connectivity index is 1.49. The molecule has 120 valence electrons. The van der Waals surface area contributed by atoms with E-state index < -0.39 is 0 Å². The van der Waals surface area contributed by atoms with Gasteiger partial charge >= 0.3 is 0 Å². The first kappa shape index (κ1) is 14.7. The van der Waals surface area contributed by atoms with E-state index in [-0.39, 0.29) is 24.2 Å². The number of fused-ring (bicyclic) bond motifs is 1. The average Bonchev–Trinajstić information content (AvgIpc) is 3.25. The van der Waals surface area contributed by atoms with E-state index in [4.69, 9.17) is 9.47 Å². The zero-order valence-corrected chi connectivity index (χ0v) is 13.4. The van der Waals surface area contributed by atoms with Crippen LogP contribution in [-0.4, -0.2) is 47.2 Å². The van der Waals surface area contributed by atoms with Crippen molar-refractivity contribution >= 4 is 17.2 Å². The maximum atomic E-state index is 12.7. The number of carbonyl (C=O) groups excluding carboxylic acids is 1. The quantitative estimate of drug-likeness (QED) is 0.868. The molecule has 0 N–H and O–H groups in total. The lowest BCUT2D eigenvalue weighted by Crippen LogP contribution is -2.54. The molecule has 0 radical (unpaired) electrons. The number of hydrogen-bond acceptors (Lipinski definition) is 5. The van der Waals surface area contributed by atoms with Gasteiger partial charge in [-0.3, -0.25) is 4.79 Å². The molecule has 2 aromatic rings. The van der Waals surface area contributed by atoms with Crippen molar-refractivity contribution in [1.82, 2.24) is 9.88 Å². The molecular weight excluding hydrogens is 312 g/mol. The highest BCUT2D eigenvalue weighted by molar-refractivity contribution is 7.08. The summed E-state index contributed by atoms with van der Waals surface area (Å²) < 4.78 is 11.9. The number of aromatic nitrogens is 1. The van der Waals surface area contributed by atoms with Crippen molar-refractivity contribution < 1.29 is 14.3 Å². The lowest BCUT2D eigenvalue weighted by molar-refractivity contribution is -0.0793. The van der Waals surface area contributed by atoms with E-state index in [0.717, 1.165) is 18.4 Å². The van der Waals surface area contributed by atoms with Gasteiger partial charge in [0, 0.05) is 24.2 Å². The largest absolute Gasteiger partial charge is 0.471 e. The summed E-state index contributed by atoms with van der Waals surface area (Å²) in [7, 11) is 0. The topological polar surface area (TPSA) is 51.7 Å². The summed E-state index contributed by atoms with van der Waals surface area (Å²) >= 11 is 1.55. The highest BCUT2D eigenvalue weighted by atomic mass is 32.1. The Bertz CT molecular complexity index is 662. The second kappa shape index (κ2) is 6.29. The third-order valence-electron chi connectivity index (χ3n) is 4.47. The van der Waals surface area contributed by atoms with E-state index >= 15 is 0 Å². The molecule has 4 rings (SSSR count). The third-order valence-corrected chi connectivity index (χ3v) is 5.16. The van der Waals surface area contributed by atoms with Crippen LogP contribution < -0.4 is 4.74 Å². The fourth-order valence-electron chi connectivity index (χ4n) is 3.42. The second-order valence-corrected chi connectivity index (χ2v) is 6.59. The van der Waals surface area contributed by atoms with Gasteiger partial charge in [0.25, 0.3) is 5.91 Å². The van der Waals surface area contributed by atoms with E-state index in [1.807, 2.05) is 39.9 Å². The monoisotopic (exact) mass is 330 g/mol. The number of rotatable bonds is 3. The van der Waals surface area contributed by atoms with E-state index in [1.54, 1.807) is 17.5 Å². The Labute approximate surface area is 138 Å². The van der Waals surface area contributed by atoms with Crippen LogP contribution in [-0.2, 0) is 4.74 Å². The molecule has 2 fully saturated rings. The van der Waals surface area contributed by atoms with Gasteiger partial charge < -0.3 is 14.4 Å². The second-order valence-electron chi connectivity index (χ2n) is 5.81. The van der Waals surface area contributed by atoms with Crippen LogP contribution in [0.15, 0.2) is 41.2 Å². The number of pyridine rings is 1. The van der Waals surface area contributed by atoms with Crippen LogP contribution in [0.25, 0.3) is 0 Å². The van der Waals surface area contributed by atoms with Gasteiger partial charge in [-0.15, -0.1) is 0 Å². The summed E-state index contributed by atoms with van der Waals surface area (Å²) in [6.07, 6.45) is 3.37. The standard InChI is InChI=1S/C17H18N2O3S/c20-17(12-6-10-23-11-12)19-8-9-21-16-13(19)4-5-14(16)22-15-3-1-2-7-18-15/h1-3,6-7,10-11,13-14,16H,4-5,8-9H2/t13-,14-,16+/m0/s1. The van der Waals surface area contributed by atoms with Crippen molar-refractivity contribution in [3.05, 3.63) is 46.8 Å². The van der Waals surface area contributed by atoms with Crippen molar-refractivity contribution in [3.63, 3.8) is 0 Å². The molecule has 0 spiro atoms. The number of nitrogens with zero attached hydrogens (tertiary/aromatic N) is 2. The highest BCUT2D eigenvalue weighted by Gasteiger charge is 2.45. The van der Waals surface area contributed by atoms with E-state index in [9.17, 15) is 4.79 Å². The Morgan fingerprint density at radius 1 is 1.35 bits per heavy atom. The number of thiophene rings is 1. The molecule has 1 amide bonds. The average molecular weight is 330 g/mol. The Hall–Kier alpha value is -1.92. The SMILES string of the molecule is O=C(c1ccsc1)N1CCO[C@H]2[C@@H](Oc3ccccn3)CC[C@@H]21. The minimum absolute atomic E-state index is 0.0482. The van der Waals surface area contributed by atoms with Crippen molar-refractivity contribution in [2.24, 2.45) is 0 Å². The van der Waals surface area contributed by atoms with Crippen LogP contribution in [0.3, 0.4) is 0 Å². The van der Waals surface area contributed by atoms with Gasteiger partial charge in [-0.25, -0.2) is 4.98 Å². The predicted molar refractivity (Wildman–Crippen MR) is 86.8 cm³/mol. The van der Waals surface area contributed by atoms with Crippen LogP contribution in [0.5, 0.6) is 5.88 Å². The molecule has 2 aromatic heterocycles. The van der Waals surface area contributed by atoms with Crippen LogP contribution in [0.2, 0.25) is 0 Å². The molecule has 23 heavy (non-hydrogen) atoms. The Kier molecular flexibility index (Phi) is 4.01. The maximum Gasteiger partial charge on any atom is 0.255 e. The summed E-state index contributed by atoms with van der Waals surface area (Å²) in [5.41, 5.74) is 0.768. The first-order valence-electron chi connectivity index (χ1n) is 7.85. The number of hydrogen-bond donors (Lipinski definition) is 0. The van der Waals surface area contributed by atoms with Gasteiger partial charge in [0.2, 0.25) is 5.88 Å². The molecule has 1 aliphatic carbocycles. The molecule has 0 unspecified atom stereocenters.